The zero-order chi connectivity index (χ0) is 11.0. The fraction of sp³-hybridized carbons (Fsp3) is 0.400. The van der Waals surface area contributed by atoms with Gasteiger partial charge in [0, 0.05) is 18.7 Å². The number of alkyl halides is 1. The first-order valence-corrected chi connectivity index (χ1v) is 5.47. The number of anilines is 1. The maximum Gasteiger partial charge on any atom is 0.228 e. The molecule has 1 saturated heterocycles. The van der Waals surface area contributed by atoms with E-state index in [0.29, 0.717) is 23.8 Å². The highest BCUT2D eigenvalue weighted by atomic mass is 35.5. The first-order chi connectivity index (χ1) is 7.08. The van der Waals surface area contributed by atoms with E-state index in [4.69, 9.17) is 23.2 Å². The number of aryl methyl sites for hydroxylation is 1. The summed E-state index contributed by atoms with van der Waals surface area (Å²) in [6, 6.07) is 3.63. The molecule has 1 amide bonds. The Kier molecular flexibility index (Phi) is 2.85. The van der Waals surface area contributed by atoms with Crippen molar-refractivity contribution in [3.63, 3.8) is 0 Å². The summed E-state index contributed by atoms with van der Waals surface area (Å²) in [5, 5.41) is 0.226. The molecule has 3 nitrogen and oxygen atoms in total. The number of hydrogen-bond donors (Lipinski definition) is 0. The van der Waals surface area contributed by atoms with Crippen molar-refractivity contribution in [1.29, 1.82) is 0 Å². The van der Waals surface area contributed by atoms with Crippen LogP contribution in [0.3, 0.4) is 0 Å². The number of carbonyl (C=O) groups excluding carboxylic acids is 1. The first-order valence-electron chi connectivity index (χ1n) is 4.65. The Bertz CT molecular complexity index is 408. The molecular weight excluding hydrogens is 235 g/mol. The molecule has 1 aromatic heterocycles. The molecule has 1 atom stereocenters. The van der Waals surface area contributed by atoms with E-state index < -0.39 is 0 Å². The fourth-order valence-corrected chi connectivity index (χ4v) is 2.18. The average molecular weight is 245 g/mol. The normalized spacial score (nSPS) is 21.1. The Morgan fingerprint density at radius 2 is 2.27 bits per heavy atom. The Hall–Kier alpha value is -0.800. The van der Waals surface area contributed by atoms with Crippen LogP contribution in [0.15, 0.2) is 12.1 Å². The third-order valence-electron chi connectivity index (χ3n) is 2.34. The van der Waals surface area contributed by atoms with Crippen molar-refractivity contribution < 1.29 is 4.79 Å². The largest absolute Gasteiger partial charge is 0.308 e. The number of rotatable bonds is 1. The summed E-state index contributed by atoms with van der Waals surface area (Å²) in [7, 11) is 0. The lowest BCUT2D eigenvalue weighted by molar-refractivity contribution is -0.117. The Morgan fingerprint density at radius 1 is 1.53 bits per heavy atom. The SMILES string of the molecule is Cc1ccc(N2CC(Cl)CC2=O)c(Cl)n1. The number of nitrogens with zero attached hydrogens (tertiary/aromatic N) is 2. The summed E-state index contributed by atoms with van der Waals surface area (Å²) in [5.41, 5.74) is 1.48. The van der Waals surface area contributed by atoms with E-state index in [9.17, 15) is 4.79 Å². The Labute approximate surface area is 98.0 Å². The lowest BCUT2D eigenvalue weighted by Crippen LogP contribution is -2.25. The molecule has 2 rings (SSSR count). The van der Waals surface area contributed by atoms with E-state index in [1.54, 1.807) is 11.0 Å². The van der Waals surface area contributed by atoms with Crippen molar-refractivity contribution in [3.05, 3.63) is 23.0 Å². The van der Waals surface area contributed by atoms with Crippen LogP contribution in [0.4, 0.5) is 5.69 Å². The van der Waals surface area contributed by atoms with Crippen LogP contribution in [-0.4, -0.2) is 22.8 Å². The highest BCUT2D eigenvalue weighted by Gasteiger charge is 2.30. The zero-order valence-corrected chi connectivity index (χ0v) is 9.72. The summed E-state index contributed by atoms with van der Waals surface area (Å²) >= 11 is 11.9. The number of pyridine rings is 1. The van der Waals surface area contributed by atoms with Gasteiger partial charge in [0.2, 0.25) is 5.91 Å². The van der Waals surface area contributed by atoms with Gasteiger partial charge in [-0.15, -0.1) is 11.6 Å². The van der Waals surface area contributed by atoms with Crippen LogP contribution in [0.2, 0.25) is 5.15 Å². The van der Waals surface area contributed by atoms with Crippen LogP contribution < -0.4 is 4.90 Å². The fourth-order valence-electron chi connectivity index (χ4n) is 1.62. The van der Waals surface area contributed by atoms with Gasteiger partial charge in [-0.05, 0) is 19.1 Å². The molecule has 2 heterocycles. The van der Waals surface area contributed by atoms with Crippen molar-refractivity contribution in [2.24, 2.45) is 0 Å². The molecule has 5 heteroatoms. The lowest BCUT2D eigenvalue weighted by atomic mass is 10.3. The molecule has 15 heavy (non-hydrogen) atoms. The predicted molar refractivity (Wildman–Crippen MR) is 60.6 cm³/mol. The van der Waals surface area contributed by atoms with Crippen molar-refractivity contribution in [3.8, 4) is 0 Å². The summed E-state index contributed by atoms with van der Waals surface area (Å²) in [6.45, 7) is 2.36. The molecular formula is C10H10Cl2N2O. The molecule has 0 saturated carbocycles. The van der Waals surface area contributed by atoms with Crippen LogP contribution >= 0.6 is 23.2 Å². The summed E-state index contributed by atoms with van der Waals surface area (Å²) in [4.78, 5) is 17.3. The Balaban J connectivity index is 2.34. The minimum Gasteiger partial charge on any atom is -0.308 e. The van der Waals surface area contributed by atoms with Crippen LogP contribution in [0.5, 0.6) is 0 Å². The van der Waals surface area contributed by atoms with Gasteiger partial charge in [-0.1, -0.05) is 11.6 Å². The highest BCUT2D eigenvalue weighted by molar-refractivity contribution is 6.33. The van der Waals surface area contributed by atoms with Gasteiger partial charge >= 0.3 is 0 Å². The average Bonchev–Trinajstić information content (AvgIpc) is 2.45. The van der Waals surface area contributed by atoms with Gasteiger partial charge in [0.25, 0.3) is 0 Å². The van der Waals surface area contributed by atoms with Crippen LogP contribution in [0.25, 0.3) is 0 Å². The summed E-state index contributed by atoms with van der Waals surface area (Å²) < 4.78 is 0. The molecule has 1 unspecified atom stereocenters. The van der Waals surface area contributed by atoms with Gasteiger partial charge in [0.1, 0.15) is 0 Å². The maximum absolute atomic E-state index is 11.6. The smallest absolute Gasteiger partial charge is 0.228 e. The maximum atomic E-state index is 11.6. The van der Waals surface area contributed by atoms with Crippen LogP contribution in [0, 0.1) is 6.92 Å². The van der Waals surface area contributed by atoms with Crippen molar-refractivity contribution in [1.82, 2.24) is 4.98 Å². The minimum atomic E-state index is -0.130. The number of amides is 1. The third-order valence-corrected chi connectivity index (χ3v) is 2.91. The van der Waals surface area contributed by atoms with E-state index in [2.05, 4.69) is 4.98 Å². The lowest BCUT2D eigenvalue weighted by Gasteiger charge is -2.16. The quantitative estimate of drug-likeness (QED) is 0.562. The molecule has 0 N–H and O–H groups in total. The van der Waals surface area contributed by atoms with E-state index >= 15 is 0 Å². The molecule has 0 spiro atoms. The van der Waals surface area contributed by atoms with E-state index in [1.165, 1.54) is 0 Å². The minimum absolute atomic E-state index is 0.00236. The van der Waals surface area contributed by atoms with Gasteiger partial charge in [-0.25, -0.2) is 4.98 Å². The second-order valence-electron chi connectivity index (χ2n) is 3.57. The van der Waals surface area contributed by atoms with E-state index in [0.717, 1.165) is 5.69 Å². The van der Waals surface area contributed by atoms with E-state index in [1.807, 2.05) is 13.0 Å². The number of halogens is 2. The Morgan fingerprint density at radius 3 is 2.80 bits per heavy atom. The van der Waals surface area contributed by atoms with Gasteiger partial charge in [-0.3, -0.25) is 4.79 Å². The second-order valence-corrected chi connectivity index (χ2v) is 4.54. The molecule has 0 aromatic carbocycles. The van der Waals surface area contributed by atoms with Gasteiger partial charge in [0.05, 0.1) is 11.1 Å². The molecule has 1 aromatic rings. The molecule has 1 aliphatic rings. The highest BCUT2D eigenvalue weighted by Crippen LogP contribution is 2.29. The van der Waals surface area contributed by atoms with Crippen molar-refractivity contribution >= 4 is 34.8 Å². The zero-order valence-electron chi connectivity index (χ0n) is 8.20. The van der Waals surface area contributed by atoms with Crippen LogP contribution in [0.1, 0.15) is 12.1 Å². The van der Waals surface area contributed by atoms with E-state index in [-0.39, 0.29) is 11.3 Å². The molecule has 1 aliphatic heterocycles. The number of carbonyl (C=O) groups is 1. The standard InChI is InChI=1S/C10H10Cl2N2O/c1-6-2-3-8(10(12)13-6)14-5-7(11)4-9(14)15/h2-3,7H,4-5H2,1H3. The van der Waals surface area contributed by atoms with Gasteiger partial charge in [0.15, 0.2) is 5.15 Å². The van der Waals surface area contributed by atoms with Gasteiger partial charge in [-0.2, -0.15) is 0 Å². The second kappa shape index (κ2) is 3.99. The van der Waals surface area contributed by atoms with Crippen molar-refractivity contribution in [2.45, 2.75) is 18.7 Å². The summed E-state index contributed by atoms with van der Waals surface area (Å²) in [5.74, 6) is 0.00236. The predicted octanol–water partition coefficient (Wildman–Crippen LogP) is 2.39. The number of aromatic nitrogens is 1. The molecule has 0 radical (unpaired) electrons. The van der Waals surface area contributed by atoms with Gasteiger partial charge < -0.3 is 4.90 Å². The topological polar surface area (TPSA) is 33.2 Å². The van der Waals surface area contributed by atoms with Crippen molar-refractivity contribution in [2.75, 3.05) is 11.4 Å². The third kappa shape index (κ3) is 2.08. The molecule has 80 valence electrons. The molecule has 0 aliphatic carbocycles. The number of hydrogen-bond acceptors (Lipinski definition) is 2. The summed E-state index contributed by atoms with van der Waals surface area (Å²) in [6.07, 6.45) is 0.367. The van der Waals surface area contributed by atoms with Crippen LogP contribution in [-0.2, 0) is 4.79 Å². The molecule has 0 bridgehead atoms. The first kappa shape index (κ1) is 10.7. The molecule has 1 fully saturated rings. The monoisotopic (exact) mass is 244 g/mol.